The van der Waals surface area contributed by atoms with E-state index < -0.39 is 41.7 Å². The molecule has 0 aliphatic rings. The van der Waals surface area contributed by atoms with E-state index in [0.29, 0.717) is 29.2 Å². The number of rotatable bonds is 13. The summed E-state index contributed by atoms with van der Waals surface area (Å²) in [6.07, 6.45) is 0.0524. The molecule has 0 heterocycles. The zero-order chi connectivity index (χ0) is 31.9. The van der Waals surface area contributed by atoms with Crippen LogP contribution in [0.3, 0.4) is 0 Å². The van der Waals surface area contributed by atoms with E-state index in [0.717, 1.165) is 17.7 Å². The first-order valence-corrected chi connectivity index (χ1v) is 16.2. The number of sulfonamides is 2. The Labute approximate surface area is 272 Å². The number of aliphatic hydroxyl groups is 1. The molecule has 0 saturated heterocycles. The number of hydrogen-bond donors (Lipinski definition) is 3. The molecule has 1 unspecified atom stereocenters. The average Bonchev–Trinajstić information content (AvgIpc) is 3.00. The quantitative estimate of drug-likeness (QED) is 0.0729. The van der Waals surface area contributed by atoms with E-state index in [1.54, 1.807) is 52.7 Å². The number of nitro benzene ring substituents is 1. The van der Waals surface area contributed by atoms with Crippen molar-refractivity contribution in [1.82, 2.24) is 4.13 Å². The molecule has 0 bridgehead atoms. The predicted molar refractivity (Wildman–Crippen MR) is 170 cm³/mol. The fourth-order valence-corrected chi connectivity index (χ4v) is 6.75. The van der Waals surface area contributed by atoms with Gasteiger partial charge in [0.05, 0.1) is 32.2 Å². The molecular formula is C29H29LiN5O8S2. The molecule has 0 aromatic heterocycles. The molecule has 4 aromatic carbocycles. The van der Waals surface area contributed by atoms with Crippen LogP contribution < -0.4 is 14.2 Å². The number of benzene rings is 4. The van der Waals surface area contributed by atoms with Gasteiger partial charge in [0.15, 0.2) is 0 Å². The van der Waals surface area contributed by atoms with Crippen LogP contribution in [0.1, 0.15) is 18.9 Å². The van der Waals surface area contributed by atoms with Crippen LogP contribution in [0, 0.1) is 17.0 Å². The van der Waals surface area contributed by atoms with Crippen molar-refractivity contribution in [2.45, 2.75) is 36.2 Å². The summed E-state index contributed by atoms with van der Waals surface area (Å²) in [5.41, 5.74) is 1.79. The molecule has 0 amide bonds. The van der Waals surface area contributed by atoms with Gasteiger partial charge >= 0.3 is 0 Å². The second-order valence-electron chi connectivity index (χ2n) is 9.53. The van der Waals surface area contributed by atoms with Crippen LogP contribution in [0.15, 0.2) is 111 Å². The number of nitrogens with zero attached hydrogens (tertiary/aromatic N) is 3. The van der Waals surface area contributed by atoms with Crippen LogP contribution >= 0.6 is 0 Å². The van der Waals surface area contributed by atoms with Crippen molar-refractivity contribution >= 4 is 67.3 Å². The van der Waals surface area contributed by atoms with Crippen LogP contribution in [0.4, 0.5) is 28.4 Å². The molecule has 0 aliphatic heterocycles. The maximum Gasteiger partial charge on any atom is 0.294 e. The third-order valence-electron chi connectivity index (χ3n) is 6.25. The van der Waals surface area contributed by atoms with Crippen molar-refractivity contribution in [2.24, 2.45) is 10.2 Å². The largest absolute Gasteiger partial charge is 0.491 e. The molecule has 3 N–H and O–H groups in total. The van der Waals surface area contributed by atoms with Gasteiger partial charge in [-0.3, -0.25) is 10.1 Å². The second-order valence-corrected chi connectivity index (χ2v) is 13.2. The van der Waals surface area contributed by atoms with E-state index in [2.05, 4.69) is 15.5 Å². The van der Waals surface area contributed by atoms with Gasteiger partial charge in [0.1, 0.15) is 18.0 Å². The third kappa shape index (κ3) is 9.44. The summed E-state index contributed by atoms with van der Waals surface area (Å²) >= 11 is 0. The average molecular weight is 647 g/mol. The molecular weight excluding hydrogens is 617 g/mol. The first-order valence-electron chi connectivity index (χ1n) is 13.2. The van der Waals surface area contributed by atoms with Gasteiger partial charge in [-0.15, -0.1) is 4.13 Å². The summed E-state index contributed by atoms with van der Waals surface area (Å²) < 4.78 is 57.8. The Morgan fingerprint density at radius 1 is 0.889 bits per heavy atom. The molecule has 45 heavy (non-hydrogen) atoms. The molecule has 13 nitrogen and oxygen atoms in total. The van der Waals surface area contributed by atoms with E-state index in [9.17, 15) is 32.1 Å². The fourth-order valence-electron chi connectivity index (χ4n) is 3.79. The van der Waals surface area contributed by atoms with Crippen LogP contribution in [0.2, 0.25) is 0 Å². The Kier molecular flexibility index (Phi) is 12.0. The van der Waals surface area contributed by atoms with Crippen molar-refractivity contribution in [1.29, 1.82) is 0 Å². The topological polar surface area (TPSA) is 190 Å². The van der Waals surface area contributed by atoms with E-state index in [-0.39, 0.29) is 36.1 Å². The molecule has 0 fully saturated rings. The van der Waals surface area contributed by atoms with Crippen molar-refractivity contribution in [3.8, 4) is 5.75 Å². The normalized spacial score (nSPS) is 12.3. The van der Waals surface area contributed by atoms with E-state index in [1.807, 2.05) is 13.8 Å². The van der Waals surface area contributed by atoms with Gasteiger partial charge in [0.25, 0.3) is 25.7 Å². The number of aliphatic hydroxyl groups excluding tert-OH is 1. The van der Waals surface area contributed by atoms with E-state index in [4.69, 9.17) is 4.74 Å². The minimum Gasteiger partial charge on any atom is -0.491 e. The number of nitro groups is 1. The molecule has 231 valence electrons. The minimum atomic E-state index is -4.67. The molecule has 1 radical (unpaired) electrons. The van der Waals surface area contributed by atoms with Gasteiger partial charge in [-0.1, -0.05) is 25.1 Å². The van der Waals surface area contributed by atoms with Crippen molar-refractivity contribution in [2.75, 3.05) is 11.9 Å². The number of azo groups is 1. The standard InChI is InChI=1S/C29H29N5O8S2.Li/c1-3-23(35)19-42-24-13-15-27(20(2)17-24)32-31-22-11-9-21(10-12-22)30-28-16-14-26(18-29(28)34(36)37)44(40,41)33-43(38,39)25-7-5-4-6-8-25;/h4-18,23,30,33,35H,3,19H2,1-2H3;. The van der Waals surface area contributed by atoms with Crippen LogP contribution in [0.25, 0.3) is 0 Å². The summed E-state index contributed by atoms with van der Waals surface area (Å²) in [6, 6.07) is 21.6. The maximum absolute atomic E-state index is 12.8. The van der Waals surface area contributed by atoms with E-state index >= 15 is 0 Å². The Morgan fingerprint density at radius 2 is 1.56 bits per heavy atom. The zero-order valence-electron chi connectivity index (χ0n) is 24.6. The zero-order valence-corrected chi connectivity index (χ0v) is 26.2. The van der Waals surface area contributed by atoms with Crippen LogP contribution in [-0.2, 0) is 20.0 Å². The number of nitrogens with one attached hydrogen (secondary N) is 2. The van der Waals surface area contributed by atoms with Crippen LogP contribution in [0.5, 0.6) is 5.75 Å². The maximum atomic E-state index is 12.8. The monoisotopic (exact) mass is 646 g/mol. The van der Waals surface area contributed by atoms with Crippen molar-refractivity contribution in [3.05, 3.63) is 107 Å². The summed E-state index contributed by atoms with van der Waals surface area (Å²) in [4.78, 5) is 10.1. The number of hydrogen-bond acceptors (Lipinski definition) is 11. The Balaban J connectivity index is 0.00000552. The van der Waals surface area contributed by atoms with Crippen LogP contribution in [-0.4, -0.2) is 58.4 Å². The Hall–Kier alpha value is -4.10. The summed E-state index contributed by atoms with van der Waals surface area (Å²) in [5, 5.41) is 32.8. The SMILES string of the molecule is CCC(O)COc1ccc(N=Nc2ccc(Nc3ccc(S(=O)(=O)NS(=O)(=O)c4ccccc4)cc3[N+](=O)[O-])cc2)c(C)c1.[Li]. The van der Waals surface area contributed by atoms with Gasteiger partial charge in [-0.05, 0) is 85.6 Å². The van der Waals surface area contributed by atoms with E-state index in [1.165, 1.54) is 30.3 Å². The molecule has 1 atom stereocenters. The molecule has 4 aromatic rings. The molecule has 4 rings (SSSR count). The first-order chi connectivity index (χ1) is 20.9. The van der Waals surface area contributed by atoms with Crippen molar-refractivity contribution in [3.63, 3.8) is 0 Å². The fraction of sp³-hybridized carbons (Fsp3) is 0.172. The van der Waals surface area contributed by atoms with Gasteiger partial charge in [-0.2, -0.15) is 10.2 Å². The second kappa shape index (κ2) is 15.3. The summed E-state index contributed by atoms with van der Waals surface area (Å²) in [7, 11) is -9.12. The number of aryl methyl sites for hydroxylation is 1. The van der Waals surface area contributed by atoms with Gasteiger partial charge in [-0.25, -0.2) is 16.8 Å². The van der Waals surface area contributed by atoms with Gasteiger partial charge in [0, 0.05) is 30.6 Å². The molecule has 0 spiro atoms. The Bertz CT molecular complexity index is 1890. The molecule has 16 heteroatoms. The summed E-state index contributed by atoms with van der Waals surface area (Å²) in [5.74, 6) is 0.609. The summed E-state index contributed by atoms with van der Waals surface area (Å²) in [6.45, 7) is 3.91. The smallest absolute Gasteiger partial charge is 0.294 e. The van der Waals surface area contributed by atoms with Gasteiger partial charge in [0.2, 0.25) is 0 Å². The predicted octanol–water partition coefficient (Wildman–Crippen LogP) is 5.50. The number of ether oxygens (including phenoxy) is 1. The first kappa shape index (κ1) is 35.4. The number of anilines is 2. The van der Waals surface area contributed by atoms with Gasteiger partial charge < -0.3 is 15.2 Å². The minimum absolute atomic E-state index is 0. The van der Waals surface area contributed by atoms with Crippen molar-refractivity contribution < 1.29 is 31.6 Å². The molecule has 0 saturated carbocycles. The Morgan fingerprint density at radius 3 is 2.18 bits per heavy atom. The third-order valence-corrected chi connectivity index (χ3v) is 9.77. The molecule has 0 aliphatic carbocycles.